The Balaban J connectivity index is 2.69. The summed E-state index contributed by atoms with van der Waals surface area (Å²) in [5.41, 5.74) is 0.571. The molecule has 0 aliphatic heterocycles. The van der Waals surface area contributed by atoms with Crippen LogP contribution in [0.2, 0.25) is 5.02 Å². The lowest BCUT2D eigenvalue weighted by atomic mass is 10.1. The van der Waals surface area contributed by atoms with E-state index in [0.29, 0.717) is 23.6 Å². The van der Waals surface area contributed by atoms with Crippen LogP contribution < -0.4 is 0 Å². The largest absolute Gasteiger partial charge is 0.385 e. The van der Waals surface area contributed by atoms with E-state index < -0.39 is 0 Å². The first-order valence-electron chi connectivity index (χ1n) is 4.63. The van der Waals surface area contributed by atoms with Crippen molar-refractivity contribution < 1.29 is 9.53 Å². The fourth-order valence-electron chi connectivity index (χ4n) is 1.23. The molecule has 0 atom stereocenters. The van der Waals surface area contributed by atoms with Gasteiger partial charge in [0.25, 0.3) is 0 Å². The van der Waals surface area contributed by atoms with E-state index in [9.17, 15) is 4.79 Å². The Kier molecular flexibility index (Phi) is 5.29. The van der Waals surface area contributed by atoms with Crippen LogP contribution in [0.25, 0.3) is 0 Å². The van der Waals surface area contributed by atoms with Crippen molar-refractivity contribution in [2.75, 3.05) is 13.7 Å². The zero-order valence-electron chi connectivity index (χ0n) is 8.43. The van der Waals surface area contributed by atoms with Gasteiger partial charge in [0.2, 0.25) is 0 Å². The van der Waals surface area contributed by atoms with E-state index in [1.807, 2.05) is 6.07 Å². The highest BCUT2D eigenvalue weighted by Gasteiger charge is 2.11. The highest BCUT2D eigenvalue weighted by atomic mass is 79.9. The Hall–Kier alpha value is -0.380. The molecule has 0 spiro atoms. The first-order valence-corrected chi connectivity index (χ1v) is 5.80. The molecule has 0 bridgehead atoms. The third kappa shape index (κ3) is 3.59. The first-order chi connectivity index (χ1) is 7.16. The number of hydrogen-bond donors (Lipinski definition) is 0. The van der Waals surface area contributed by atoms with E-state index in [4.69, 9.17) is 16.3 Å². The zero-order chi connectivity index (χ0) is 11.3. The van der Waals surface area contributed by atoms with Crippen LogP contribution in [0.3, 0.4) is 0 Å². The third-order valence-electron chi connectivity index (χ3n) is 2.00. The van der Waals surface area contributed by atoms with Crippen molar-refractivity contribution in [1.29, 1.82) is 0 Å². The molecule has 0 saturated heterocycles. The molecule has 15 heavy (non-hydrogen) atoms. The molecule has 2 nitrogen and oxygen atoms in total. The molecule has 0 radical (unpaired) electrons. The molecule has 0 N–H and O–H groups in total. The molecular formula is C11H12BrClO2. The first kappa shape index (κ1) is 12.7. The second-order valence-electron chi connectivity index (χ2n) is 3.12. The van der Waals surface area contributed by atoms with Gasteiger partial charge in [-0.25, -0.2) is 0 Å². The van der Waals surface area contributed by atoms with Gasteiger partial charge in [0.15, 0.2) is 5.78 Å². The average Bonchev–Trinajstić information content (AvgIpc) is 2.22. The lowest BCUT2D eigenvalue weighted by Gasteiger charge is -2.04. The molecule has 0 heterocycles. The number of hydrogen-bond acceptors (Lipinski definition) is 2. The molecule has 1 aromatic carbocycles. The van der Waals surface area contributed by atoms with E-state index in [1.165, 1.54) is 0 Å². The summed E-state index contributed by atoms with van der Waals surface area (Å²) in [5, 5.41) is 0.486. The van der Waals surface area contributed by atoms with Crippen LogP contribution >= 0.6 is 27.5 Å². The SMILES string of the molecule is COCCCC(=O)c1cccc(Br)c1Cl. The number of ether oxygens (including phenoxy) is 1. The van der Waals surface area contributed by atoms with E-state index in [1.54, 1.807) is 19.2 Å². The molecule has 0 amide bonds. The van der Waals surface area contributed by atoms with Crippen molar-refractivity contribution in [3.63, 3.8) is 0 Å². The number of methoxy groups -OCH3 is 1. The Morgan fingerprint density at radius 3 is 2.93 bits per heavy atom. The number of rotatable bonds is 5. The molecule has 4 heteroatoms. The Morgan fingerprint density at radius 1 is 1.53 bits per heavy atom. The lowest BCUT2D eigenvalue weighted by molar-refractivity contribution is 0.0963. The van der Waals surface area contributed by atoms with E-state index in [-0.39, 0.29) is 5.78 Å². The smallest absolute Gasteiger partial charge is 0.164 e. The third-order valence-corrected chi connectivity index (χ3v) is 3.30. The molecule has 0 unspecified atom stereocenters. The van der Waals surface area contributed by atoms with Gasteiger partial charge in [0.1, 0.15) is 0 Å². The van der Waals surface area contributed by atoms with E-state index >= 15 is 0 Å². The van der Waals surface area contributed by atoms with Gasteiger partial charge in [-0.2, -0.15) is 0 Å². The second kappa shape index (κ2) is 6.26. The number of halogens is 2. The minimum Gasteiger partial charge on any atom is -0.385 e. The molecule has 0 aliphatic rings. The van der Waals surface area contributed by atoms with Gasteiger partial charge in [0, 0.05) is 30.2 Å². The van der Waals surface area contributed by atoms with Crippen molar-refractivity contribution in [2.24, 2.45) is 0 Å². The summed E-state index contributed by atoms with van der Waals surface area (Å²) in [5.74, 6) is 0.0540. The highest BCUT2D eigenvalue weighted by molar-refractivity contribution is 9.10. The Labute approximate surface area is 103 Å². The maximum atomic E-state index is 11.7. The summed E-state index contributed by atoms with van der Waals surface area (Å²) in [7, 11) is 1.62. The fourth-order valence-corrected chi connectivity index (χ4v) is 1.83. The van der Waals surface area contributed by atoms with E-state index in [2.05, 4.69) is 15.9 Å². The normalized spacial score (nSPS) is 10.3. The Bertz CT molecular complexity index is 352. The summed E-state index contributed by atoms with van der Waals surface area (Å²) in [4.78, 5) is 11.7. The molecule has 82 valence electrons. The molecule has 1 rings (SSSR count). The van der Waals surface area contributed by atoms with Gasteiger partial charge in [-0.15, -0.1) is 0 Å². The summed E-state index contributed by atoms with van der Waals surface area (Å²) in [6, 6.07) is 5.36. The topological polar surface area (TPSA) is 26.3 Å². The van der Waals surface area contributed by atoms with Crippen molar-refractivity contribution in [3.05, 3.63) is 33.3 Å². The molecular weight excluding hydrogens is 279 g/mol. The van der Waals surface area contributed by atoms with Crippen LogP contribution in [0.15, 0.2) is 22.7 Å². The van der Waals surface area contributed by atoms with Crippen LogP contribution in [0.5, 0.6) is 0 Å². The van der Waals surface area contributed by atoms with Crippen molar-refractivity contribution in [1.82, 2.24) is 0 Å². The number of benzene rings is 1. The van der Waals surface area contributed by atoms with Crippen LogP contribution in [0.1, 0.15) is 23.2 Å². The van der Waals surface area contributed by atoms with Crippen molar-refractivity contribution in [2.45, 2.75) is 12.8 Å². The average molecular weight is 292 g/mol. The van der Waals surface area contributed by atoms with Gasteiger partial charge >= 0.3 is 0 Å². The lowest BCUT2D eigenvalue weighted by Crippen LogP contribution is -2.02. The van der Waals surface area contributed by atoms with Gasteiger partial charge in [-0.3, -0.25) is 4.79 Å². The summed E-state index contributed by atoms with van der Waals surface area (Å²) in [6.07, 6.45) is 1.18. The number of ketones is 1. The maximum Gasteiger partial charge on any atom is 0.164 e. The predicted molar refractivity (Wildman–Crippen MR) is 64.6 cm³/mol. The zero-order valence-corrected chi connectivity index (χ0v) is 10.8. The summed E-state index contributed by atoms with van der Waals surface area (Å²) < 4.78 is 5.64. The van der Waals surface area contributed by atoms with Gasteiger partial charge in [-0.1, -0.05) is 17.7 Å². The summed E-state index contributed by atoms with van der Waals surface area (Å²) >= 11 is 9.29. The molecule has 0 aromatic heterocycles. The van der Waals surface area contributed by atoms with Crippen molar-refractivity contribution >= 4 is 33.3 Å². The van der Waals surface area contributed by atoms with Gasteiger partial charge < -0.3 is 4.74 Å². The standard InChI is InChI=1S/C11H12BrClO2/c1-15-7-3-6-10(14)8-4-2-5-9(12)11(8)13/h2,4-5H,3,6-7H2,1H3. The van der Waals surface area contributed by atoms with Crippen LogP contribution in [0.4, 0.5) is 0 Å². The molecule has 0 saturated carbocycles. The van der Waals surface area contributed by atoms with Crippen LogP contribution in [0, 0.1) is 0 Å². The minimum atomic E-state index is 0.0540. The predicted octanol–water partition coefficient (Wildman–Crippen LogP) is 3.71. The van der Waals surface area contributed by atoms with Crippen LogP contribution in [-0.2, 0) is 4.74 Å². The van der Waals surface area contributed by atoms with Gasteiger partial charge in [-0.05, 0) is 34.5 Å². The fraction of sp³-hybridized carbons (Fsp3) is 0.364. The monoisotopic (exact) mass is 290 g/mol. The second-order valence-corrected chi connectivity index (χ2v) is 4.35. The summed E-state index contributed by atoms with van der Waals surface area (Å²) in [6.45, 7) is 0.595. The number of carbonyl (C=O) groups is 1. The molecule has 0 fully saturated rings. The maximum absolute atomic E-state index is 11.7. The van der Waals surface area contributed by atoms with Crippen molar-refractivity contribution in [3.8, 4) is 0 Å². The number of Topliss-reactive ketones (excluding diaryl/α,β-unsaturated/α-hetero) is 1. The highest BCUT2D eigenvalue weighted by Crippen LogP contribution is 2.26. The van der Waals surface area contributed by atoms with Crippen LogP contribution in [-0.4, -0.2) is 19.5 Å². The number of carbonyl (C=O) groups excluding carboxylic acids is 1. The van der Waals surface area contributed by atoms with E-state index in [0.717, 1.165) is 10.9 Å². The molecule has 0 aliphatic carbocycles. The minimum absolute atomic E-state index is 0.0540. The van der Waals surface area contributed by atoms with Gasteiger partial charge in [0.05, 0.1) is 5.02 Å². The molecule has 1 aromatic rings. The Morgan fingerprint density at radius 2 is 2.27 bits per heavy atom. The quantitative estimate of drug-likeness (QED) is 0.610.